The highest BCUT2D eigenvalue weighted by atomic mass is 35.5. The maximum absolute atomic E-state index is 12.1. The quantitative estimate of drug-likeness (QED) is 0.904. The van der Waals surface area contributed by atoms with E-state index in [0.717, 1.165) is 10.6 Å². The number of thiazole rings is 1. The van der Waals surface area contributed by atoms with Crippen LogP contribution in [0.3, 0.4) is 0 Å². The third-order valence-electron chi connectivity index (χ3n) is 2.90. The lowest BCUT2D eigenvalue weighted by Gasteiger charge is -2.18. The van der Waals surface area contributed by atoms with Gasteiger partial charge in [0, 0.05) is 31.1 Å². The van der Waals surface area contributed by atoms with Gasteiger partial charge in [0.05, 0.1) is 6.54 Å². The molecule has 21 heavy (non-hydrogen) atoms. The van der Waals surface area contributed by atoms with Crippen molar-refractivity contribution >= 4 is 42.1 Å². The highest BCUT2D eigenvalue weighted by molar-refractivity contribution is 7.09. The van der Waals surface area contributed by atoms with Crippen LogP contribution in [-0.2, 0) is 11.3 Å². The highest BCUT2D eigenvalue weighted by Crippen LogP contribution is 2.15. The van der Waals surface area contributed by atoms with E-state index in [1.165, 1.54) is 0 Å². The maximum Gasteiger partial charge on any atom is 0.224 e. The molecule has 0 fully saturated rings. The molecule has 1 heterocycles. The van der Waals surface area contributed by atoms with Crippen LogP contribution in [0.15, 0.2) is 41.9 Å². The van der Waals surface area contributed by atoms with Gasteiger partial charge in [0.15, 0.2) is 0 Å². The van der Waals surface area contributed by atoms with Gasteiger partial charge in [0.1, 0.15) is 5.01 Å². The molecule has 0 aliphatic carbocycles. The van der Waals surface area contributed by atoms with Crippen molar-refractivity contribution in [1.29, 1.82) is 0 Å². The third-order valence-corrected chi connectivity index (χ3v) is 3.67. The molecule has 1 aromatic carbocycles. The van der Waals surface area contributed by atoms with Gasteiger partial charge in [-0.1, -0.05) is 30.3 Å². The summed E-state index contributed by atoms with van der Waals surface area (Å²) in [5.74, 6) is 0.0338. The lowest BCUT2D eigenvalue weighted by molar-refractivity contribution is -0.130. The molecule has 0 saturated carbocycles. The molecule has 1 amide bonds. The van der Waals surface area contributed by atoms with E-state index in [1.54, 1.807) is 29.5 Å². The van der Waals surface area contributed by atoms with E-state index in [-0.39, 0.29) is 36.8 Å². The van der Waals surface area contributed by atoms with Crippen molar-refractivity contribution in [3.05, 3.63) is 52.5 Å². The Hall–Kier alpha value is -1.14. The minimum atomic E-state index is -0.257. The molecule has 0 spiro atoms. The van der Waals surface area contributed by atoms with E-state index < -0.39 is 0 Å². The number of aromatic nitrogens is 1. The van der Waals surface area contributed by atoms with Gasteiger partial charge in [-0.05, 0) is 5.56 Å². The first-order valence-electron chi connectivity index (χ1n) is 6.09. The molecule has 1 unspecified atom stereocenters. The summed E-state index contributed by atoms with van der Waals surface area (Å²) < 4.78 is 0. The second kappa shape index (κ2) is 9.73. The number of halogens is 2. The summed E-state index contributed by atoms with van der Waals surface area (Å²) in [6.45, 7) is 0.540. The molecule has 0 radical (unpaired) electrons. The van der Waals surface area contributed by atoms with Crippen molar-refractivity contribution in [3.8, 4) is 0 Å². The van der Waals surface area contributed by atoms with Crippen molar-refractivity contribution in [2.45, 2.75) is 19.0 Å². The summed E-state index contributed by atoms with van der Waals surface area (Å²) >= 11 is 1.55. The van der Waals surface area contributed by atoms with Crippen molar-refractivity contribution in [2.24, 2.45) is 5.73 Å². The molecule has 0 aliphatic heterocycles. The fourth-order valence-electron chi connectivity index (χ4n) is 1.78. The Kier molecular flexibility index (Phi) is 9.21. The molecule has 0 bridgehead atoms. The normalized spacial score (nSPS) is 11.0. The highest BCUT2D eigenvalue weighted by Gasteiger charge is 2.15. The molecule has 1 aromatic heterocycles. The molecule has 1 atom stereocenters. The third kappa shape index (κ3) is 6.01. The number of nitrogens with zero attached hydrogens (tertiary/aromatic N) is 2. The summed E-state index contributed by atoms with van der Waals surface area (Å²) in [7, 11) is 1.78. The molecule has 2 rings (SSSR count). The number of hydrogen-bond donors (Lipinski definition) is 1. The van der Waals surface area contributed by atoms with Crippen molar-refractivity contribution in [1.82, 2.24) is 9.88 Å². The van der Waals surface area contributed by atoms with Gasteiger partial charge in [-0.3, -0.25) is 4.79 Å². The zero-order chi connectivity index (χ0) is 13.7. The monoisotopic (exact) mass is 347 g/mol. The zero-order valence-corrected chi connectivity index (χ0v) is 14.1. The molecule has 2 aromatic rings. The van der Waals surface area contributed by atoms with E-state index in [1.807, 2.05) is 35.7 Å². The van der Waals surface area contributed by atoms with Crippen LogP contribution in [0.5, 0.6) is 0 Å². The number of hydrogen-bond acceptors (Lipinski definition) is 4. The van der Waals surface area contributed by atoms with Crippen LogP contribution in [0.1, 0.15) is 23.0 Å². The smallest absolute Gasteiger partial charge is 0.224 e. The Labute approximate surface area is 141 Å². The first-order valence-corrected chi connectivity index (χ1v) is 6.97. The minimum Gasteiger partial charge on any atom is -0.339 e. The number of carbonyl (C=O) groups is 1. The van der Waals surface area contributed by atoms with E-state index >= 15 is 0 Å². The number of amides is 1. The number of carbonyl (C=O) groups excluding carboxylic acids is 1. The predicted molar refractivity (Wildman–Crippen MR) is 91.1 cm³/mol. The van der Waals surface area contributed by atoms with Crippen LogP contribution in [-0.4, -0.2) is 22.8 Å². The van der Waals surface area contributed by atoms with Gasteiger partial charge in [-0.2, -0.15) is 0 Å². The van der Waals surface area contributed by atoms with E-state index in [4.69, 9.17) is 5.73 Å². The standard InChI is InChI=1S/C14H17N3OS.2ClH/c1-17(10-13-16-7-8-19-13)14(18)9-12(15)11-5-3-2-4-6-11;;/h2-8,12H,9-10,15H2,1H3;2*1H. The Bertz CT molecular complexity index is 522. The van der Waals surface area contributed by atoms with Gasteiger partial charge in [-0.25, -0.2) is 4.98 Å². The second-order valence-electron chi connectivity index (χ2n) is 4.40. The fourth-order valence-corrected chi connectivity index (χ4v) is 2.45. The Morgan fingerprint density at radius 2 is 2.00 bits per heavy atom. The fraction of sp³-hybridized carbons (Fsp3) is 0.286. The lowest BCUT2D eigenvalue weighted by Crippen LogP contribution is -2.29. The molecule has 4 nitrogen and oxygen atoms in total. The van der Waals surface area contributed by atoms with Gasteiger partial charge < -0.3 is 10.6 Å². The summed E-state index contributed by atoms with van der Waals surface area (Å²) in [4.78, 5) is 17.9. The molecule has 2 N–H and O–H groups in total. The number of benzene rings is 1. The summed E-state index contributed by atoms with van der Waals surface area (Å²) in [5.41, 5.74) is 7.03. The Morgan fingerprint density at radius 3 is 2.57 bits per heavy atom. The van der Waals surface area contributed by atoms with Crippen LogP contribution in [0.4, 0.5) is 0 Å². The Morgan fingerprint density at radius 1 is 1.33 bits per heavy atom. The van der Waals surface area contributed by atoms with Crippen LogP contribution in [0.2, 0.25) is 0 Å². The van der Waals surface area contributed by atoms with E-state index in [2.05, 4.69) is 4.98 Å². The first-order chi connectivity index (χ1) is 9.16. The lowest BCUT2D eigenvalue weighted by atomic mass is 10.0. The zero-order valence-electron chi connectivity index (χ0n) is 11.6. The molecule has 0 aliphatic rings. The van der Waals surface area contributed by atoms with E-state index in [0.29, 0.717) is 13.0 Å². The van der Waals surface area contributed by atoms with Crippen molar-refractivity contribution < 1.29 is 4.79 Å². The summed E-state index contributed by atoms with van der Waals surface area (Å²) in [5, 5.41) is 2.84. The largest absolute Gasteiger partial charge is 0.339 e. The summed E-state index contributed by atoms with van der Waals surface area (Å²) in [6.07, 6.45) is 2.06. The van der Waals surface area contributed by atoms with Crippen LogP contribution in [0, 0.1) is 0 Å². The maximum atomic E-state index is 12.1. The van der Waals surface area contributed by atoms with Gasteiger partial charge in [0.2, 0.25) is 5.91 Å². The minimum absolute atomic E-state index is 0. The molecule has 7 heteroatoms. The van der Waals surface area contributed by atoms with Crippen LogP contribution in [0.25, 0.3) is 0 Å². The molecular formula is C14H19Cl2N3OS. The van der Waals surface area contributed by atoms with Gasteiger partial charge >= 0.3 is 0 Å². The van der Waals surface area contributed by atoms with Crippen LogP contribution >= 0.6 is 36.2 Å². The first kappa shape index (κ1) is 19.9. The predicted octanol–water partition coefficient (Wildman–Crippen LogP) is 3.04. The molecule has 116 valence electrons. The van der Waals surface area contributed by atoms with Gasteiger partial charge in [0.25, 0.3) is 0 Å². The van der Waals surface area contributed by atoms with Crippen LogP contribution < -0.4 is 5.73 Å². The number of nitrogens with two attached hydrogens (primary N) is 1. The topological polar surface area (TPSA) is 59.2 Å². The molecular weight excluding hydrogens is 329 g/mol. The Balaban J connectivity index is 0.00000200. The second-order valence-corrected chi connectivity index (χ2v) is 5.38. The number of rotatable bonds is 5. The SMILES string of the molecule is CN(Cc1nccs1)C(=O)CC(N)c1ccccc1.Cl.Cl. The van der Waals surface area contributed by atoms with E-state index in [9.17, 15) is 4.79 Å². The average molecular weight is 348 g/mol. The van der Waals surface area contributed by atoms with Gasteiger partial charge in [-0.15, -0.1) is 36.2 Å². The average Bonchev–Trinajstić information content (AvgIpc) is 2.92. The summed E-state index contributed by atoms with van der Waals surface area (Å²) in [6, 6.07) is 9.43. The van der Waals surface area contributed by atoms with Crippen molar-refractivity contribution in [3.63, 3.8) is 0 Å². The molecule has 0 saturated heterocycles. The van der Waals surface area contributed by atoms with Crippen molar-refractivity contribution in [2.75, 3.05) is 7.05 Å².